The molecule has 0 aromatic heterocycles. The summed E-state index contributed by atoms with van der Waals surface area (Å²) in [6.45, 7) is 2.02. The van der Waals surface area contributed by atoms with E-state index in [0.29, 0.717) is 11.4 Å². The molecule has 2 aliphatic rings. The van der Waals surface area contributed by atoms with Crippen molar-refractivity contribution in [2.75, 3.05) is 6.61 Å². The van der Waals surface area contributed by atoms with Crippen molar-refractivity contribution in [3.8, 4) is 0 Å². The fraction of sp³-hybridized carbons (Fsp3) is 0.455. The molecule has 5 atom stereocenters. The van der Waals surface area contributed by atoms with Crippen molar-refractivity contribution < 1.29 is 25.2 Å². The molecule has 156 valence electrons. The number of hydrogen-bond acceptors (Lipinski definition) is 6. The van der Waals surface area contributed by atoms with Crippen LogP contribution in [0.25, 0.3) is 0 Å². The van der Waals surface area contributed by atoms with Gasteiger partial charge in [0.05, 0.1) is 24.6 Å². The minimum Gasteiger partial charge on any atom is -0.395 e. The third-order valence-corrected chi connectivity index (χ3v) is 7.88. The average molecular weight is 437 g/mol. The maximum absolute atomic E-state index is 10.8. The number of benzene rings is 2. The Morgan fingerprint density at radius 3 is 2.45 bits per heavy atom. The average Bonchev–Trinajstić information content (AvgIpc) is 3.08. The second-order valence-corrected chi connectivity index (χ2v) is 9.52. The molecule has 2 heterocycles. The van der Waals surface area contributed by atoms with Crippen LogP contribution in [0.1, 0.15) is 34.7 Å². The van der Waals surface area contributed by atoms with Gasteiger partial charge in [0.25, 0.3) is 0 Å². The van der Waals surface area contributed by atoms with E-state index in [4.69, 9.17) is 16.3 Å². The maximum atomic E-state index is 10.8. The van der Waals surface area contributed by atoms with Crippen molar-refractivity contribution in [1.82, 2.24) is 0 Å². The molecule has 2 aliphatic heterocycles. The summed E-state index contributed by atoms with van der Waals surface area (Å²) >= 11 is 7.69. The first kappa shape index (κ1) is 21.1. The number of halogens is 1. The van der Waals surface area contributed by atoms with Crippen LogP contribution in [0.4, 0.5) is 0 Å². The van der Waals surface area contributed by atoms with Gasteiger partial charge >= 0.3 is 0 Å². The SMILES string of the molecule is CCc1ccc(Cc2cc3c(cc2Cl)CO[C@]32S[C@H](CO)[C@@H](O)[C@H](O)[C@H]2O)cc1. The summed E-state index contributed by atoms with van der Waals surface area (Å²) in [7, 11) is 0. The highest BCUT2D eigenvalue weighted by molar-refractivity contribution is 8.00. The summed E-state index contributed by atoms with van der Waals surface area (Å²) < 4.78 is 5.98. The van der Waals surface area contributed by atoms with Crippen LogP contribution >= 0.6 is 23.4 Å². The second-order valence-electron chi connectivity index (χ2n) is 7.67. The molecule has 0 aliphatic carbocycles. The highest BCUT2D eigenvalue weighted by Gasteiger charge is 2.57. The van der Waals surface area contributed by atoms with Gasteiger partial charge in [-0.05, 0) is 47.2 Å². The molecule has 5 nitrogen and oxygen atoms in total. The van der Waals surface area contributed by atoms with Crippen molar-refractivity contribution in [2.45, 2.75) is 54.9 Å². The molecular formula is C22H25ClO5S. The zero-order valence-corrected chi connectivity index (χ0v) is 17.7. The third kappa shape index (κ3) is 3.61. The predicted octanol–water partition coefficient (Wildman–Crippen LogP) is 2.37. The molecule has 2 aromatic carbocycles. The van der Waals surface area contributed by atoms with Gasteiger partial charge < -0.3 is 25.2 Å². The number of rotatable bonds is 4. The molecule has 0 amide bonds. The summed E-state index contributed by atoms with van der Waals surface area (Å²) in [6.07, 6.45) is -2.37. The Hall–Kier alpha value is -1.12. The number of ether oxygens (including phenoxy) is 1. The van der Waals surface area contributed by atoms with Crippen LogP contribution in [0.3, 0.4) is 0 Å². The number of hydrogen-bond donors (Lipinski definition) is 4. The van der Waals surface area contributed by atoms with E-state index in [-0.39, 0.29) is 13.2 Å². The molecule has 0 saturated carbocycles. The van der Waals surface area contributed by atoms with Crippen molar-refractivity contribution in [1.29, 1.82) is 0 Å². The van der Waals surface area contributed by atoms with E-state index in [2.05, 4.69) is 31.2 Å². The van der Waals surface area contributed by atoms with E-state index in [1.807, 2.05) is 12.1 Å². The lowest BCUT2D eigenvalue weighted by molar-refractivity contribution is -0.147. The Bertz CT molecular complexity index is 888. The van der Waals surface area contributed by atoms with Gasteiger partial charge in [0, 0.05) is 10.6 Å². The molecule has 7 heteroatoms. The normalized spacial score (nSPS) is 31.2. The number of aliphatic hydroxyl groups excluding tert-OH is 4. The van der Waals surface area contributed by atoms with E-state index >= 15 is 0 Å². The van der Waals surface area contributed by atoms with Crippen LogP contribution in [-0.2, 0) is 29.1 Å². The number of thioether (sulfide) groups is 1. The Morgan fingerprint density at radius 2 is 1.79 bits per heavy atom. The van der Waals surface area contributed by atoms with Crippen LogP contribution < -0.4 is 0 Å². The first-order valence-electron chi connectivity index (χ1n) is 9.76. The van der Waals surface area contributed by atoms with E-state index < -0.39 is 28.5 Å². The van der Waals surface area contributed by atoms with Gasteiger partial charge in [0.1, 0.15) is 12.2 Å². The van der Waals surface area contributed by atoms with Gasteiger partial charge in [-0.15, -0.1) is 11.8 Å². The molecule has 2 aromatic rings. The Labute approximate surface area is 179 Å². The molecule has 1 fully saturated rings. The standard InChI is InChI=1S/C22H25ClO5S/c1-2-12-3-5-13(6-4-12)7-14-8-16-15(9-17(14)23)11-28-22(16)21(27)20(26)19(25)18(10-24)29-22/h3-6,8-9,18-21,24-27H,2,7,10-11H2,1H3/t18-,19-,20+,21-,22+/m1/s1. The van der Waals surface area contributed by atoms with Crippen LogP contribution in [0.2, 0.25) is 5.02 Å². The first-order valence-corrected chi connectivity index (χ1v) is 11.0. The van der Waals surface area contributed by atoms with Gasteiger partial charge in [-0.3, -0.25) is 0 Å². The van der Waals surface area contributed by atoms with E-state index in [1.165, 1.54) is 5.56 Å². The van der Waals surface area contributed by atoms with Crippen LogP contribution in [0.5, 0.6) is 0 Å². The summed E-state index contributed by atoms with van der Waals surface area (Å²) in [5.74, 6) is 0. The van der Waals surface area contributed by atoms with Gasteiger partial charge in [0.2, 0.25) is 0 Å². The summed E-state index contributed by atoms with van der Waals surface area (Å²) in [4.78, 5) is -1.24. The predicted molar refractivity (Wildman–Crippen MR) is 113 cm³/mol. The highest BCUT2D eigenvalue weighted by Crippen LogP contribution is 2.54. The third-order valence-electron chi connectivity index (χ3n) is 5.87. The summed E-state index contributed by atoms with van der Waals surface area (Å²) in [5.41, 5.74) is 4.87. The minimum atomic E-state index is -1.42. The molecule has 4 N–H and O–H groups in total. The largest absolute Gasteiger partial charge is 0.395 e. The van der Waals surface area contributed by atoms with Crippen molar-refractivity contribution in [2.24, 2.45) is 0 Å². The molecule has 0 bridgehead atoms. The Morgan fingerprint density at radius 1 is 1.10 bits per heavy atom. The fourth-order valence-corrected chi connectivity index (χ4v) is 5.90. The van der Waals surface area contributed by atoms with Crippen molar-refractivity contribution >= 4 is 23.4 Å². The highest BCUT2D eigenvalue weighted by atomic mass is 35.5. The summed E-state index contributed by atoms with van der Waals surface area (Å²) in [6, 6.07) is 12.1. The lowest BCUT2D eigenvalue weighted by atomic mass is 9.91. The zero-order chi connectivity index (χ0) is 20.8. The quantitative estimate of drug-likeness (QED) is 0.588. The maximum Gasteiger partial charge on any atom is 0.168 e. The lowest BCUT2D eigenvalue weighted by Gasteiger charge is -2.45. The van der Waals surface area contributed by atoms with Crippen LogP contribution in [0, 0.1) is 0 Å². The molecule has 29 heavy (non-hydrogen) atoms. The smallest absolute Gasteiger partial charge is 0.168 e. The number of aryl methyl sites for hydroxylation is 1. The van der Waals surface area contributed by atoms with E-state index in [1.54, 1.807) is 0 Å². The minimum absolute atomic E-state index is 0.242. The topological polar surface area (TPSA) is 90.2 Å². The Balaban J connectivity index is 1.71. The lowest BCUT2D eigenvalue weighted by Crippen LogP contribution is -2.58. The Kier molecular flexibility index (Phi) is 5.97. The van der Waals surface area contributed by atoms with Crippen molar-refractivity contribution in [3.05, 3.63) is 69.2 Å². The van der Waals surface area contributed by atoms with Crippen molar-refractivity contribution in [3.63, 3.8) is 0 Å². The molecule has 1 saturated heterocycles. The van der Waals surface area contributed by atoms with Gasteiger partial charge in [0.15, 0.2) is 4.93 Å². The number of aliphatic hydroxyl groups is 4. The molecule has 0 radical (unpaired) electrons. The molecule has 1 spiro atoms. The van der Waals surface area contributed by atoms with Gasteiger partial charge in [-0.25, -0.2) is 0 Å². The fourth-order valence-electron chi connectivity index (χ4n) is 4.10. The summed E-state index contributed by atoms with van der Waals surface area (Å²) in [5, 5.41) is 40.9. The van der Waals surface area contributed by atoms with Gasteiger partial charge in [-0.1, -0.05) is 42.8 Å². The molecule has 4 rings (SSSR count). The van der Waals surface area contributed by atoms with E-state index in [0.717, 1.165) is 40.4 Å². The van der Waals surface area contributed by atoms with E-state index in [9.17, 15) is 20.4 Å². The molecule has 0 unspecified atom stereocenters. The second kappa shape index (κ2) is 8.19. The van der Waals surface area contributed by atoms with Crippen LogP contribution in [0.15, 0.2) is 36.4 Å². The van der Waals surface area contributed by atoms with Gasteiger partial charge in [-0.2, -0.15) is 0 Å². The number of fused-ring (bicyclic) bond motifs is 2. The van der Waals surface area contributed by atoms with Crippen LogP contribution in [-0.4, -0.2) is 50.6 Å². The molecular weight excluding hydrogens is 412 g/mol. The first-order chi connectivity index (χ1) is 13.9. The zero-order valence-electron chi connectivity index (χ0n) is 16.1. The monoisotopic (exact) mass is 436 g/mol.